The molecule has 8 bridgehead atoms. The fourth-order valence-electron chi connectivity index (χ4n) is 18.9. The predicted molar refractivity (Wildman–Crippen MR) is 326 cm³/mol. The van der Waals surface area contributed by atoms with E-state index in [2.05, 4.69) is 121 Å². The van der Waals surface area contributed by atoms with E-state index in [1.807, 2.05) is 0 Å². The standard InChI is InChI=1S/C76H76N4.Pd/c1-5-21-45(22-6-1)65-69-57-37-49-29-13-15-31-51(49)39-59(57)71(77-69)66(46-23-7-2-8-24-46)73-61-41-53-33-17-19-35-55(53)43-63(61)75(79-73)68(48-27-11-4-12-28-48)76-64-44-56-36-20-18-34-54(56)42-62(64)74(80-76)67(47-25-9-3-10-26-47)72-60-40-52-32-16-14-30-50(52)38-58(60)70(65)78-72;/h1-12,21-28,49-56H,13-20,29-44H2;/q-2;+2. The van der Waals surface area contributed by atoms with E-state index in [0.717, 1.165) is 51.4 Å². The summed E-state index contributed by atoms with van der Waals surface area (Å²) >= 11 is 0. The summed E-state index contributed by atoms with van der Waals surface area (Å²) in [7, 11) is 0. The summed E-state index contributed by atoms with van der Waals surface area (Å²) in [6.07, 6.45) is 29.9. The Hall–Kier alpha value is -5.86. The summed E-state index contributed by atoms with van der Waals surface area (Å²) in [6, 6.07) is 46.1. The predicted octanol–water partition coefficient (Wildman–Crippen LogP) is 15.7. The number of hydrogen-bond donors (Lipinski definition) is 0. The summed E-state index contributed by atoms with van der Waals surface area (Å²) in [5.41, 5.74) is 29.2. The molecule has 4 saturated carbocycles. The van der Waals surface area contributed by atoms with Gasteiger partial charge in [0.1, 0.15) is 0 Å². The van der Waals surface area contributed by atoms with E-state index in [1.54, 1.807) is 0 Å². The van der Waals surface area contributed by atoms with Crippen LogP contribution in [0.3, 0.4) is 0 Å². The molecule has 0 spiro atoms. The number of fused-ring (bicyclic) bond motifs is 4. The van der Waals surface area contributed by atoms with E-state index < -0.39 is 0 Å². The number of hydrogen-bond acceptors (Lipinski definition) is 2. The van der Waals surface area contributed by atoms with E-state index in [-0.39, 0.29) is 20.4 Å². The molecular weight excluding hydrogens is 1080 g/mol. The monoisotopic (exact) mass is 1150 g/mol. The molecule has 17 rings (SSSR count). The van der Waals surface area contributed by atoms with E-state index in [0.29, 0.717) is 47.3 Å². The molecule has 81 heavy (non-hydrogen) atoms. The molecule has 9 aliphatic carbocycles. The molecule has 8 atom stereocenters. The topological polar surface area (TPSA) is 52.9 Å². The molecular formula is C76H76N4Pd. The van der Waals surface area contributed by atoms with Crippen molar-refractivity contribution in [1.29, 1.82) is 0 Å². The van der Waals surface area contributed by atoms with Crippen LogP contribution in [0.5, 0.6) is 0 Å². The molecule has 5 heteroatoms. The molecule has 0 radical (unpaired) electrons. The Bertz CT molecular complexity index is 3570. The molecule has 11 aliphatic rings. The quantitative estimate of drug-likeness (QED) is 0.165. The second kappa shape index (κ2) is 20.8. The number of nitrogens with zero attached hydrogens (tertiary/aromatic N) is 4. The van der Waals surface area contributed by atoms with Gasteiger partial charge in [-0.15, -0.1) is 22.1 Å². The number of allylic oxidation sites excluding steroid dienone is 4. The van der Waals surface area contributed by atoms with Crippen LogP contribution in [0.25, 0.3) is 22.3 Å². The first-order valence-electron chi connectivity index (χ1n) is 32.1. The zero-order valence-electron chi connectivity index (χ0n) is 47.2. The van der Waals surface area contributed by atoms with Crippen LogP contribution in [0.4, 0.5) is 0 Å². The third-order valence-corrected chi connectivity index (χ3v) is 22.8. The molecule has 4 heterocycles. The first-order chi connectivity index (χ1) is 39.7. The molecule has 2 aliphatic heterocycles. The van der Waals surface area contributed by atoms with E-state index in [1.165, 1.54) is 237 Å². The van der Waals surface area contributed by atoms with Crippen LogP contribution in [0.15, 0.2) is 165 Å². The number of aromatic nitrogens is 2. The van der Waals surface area contributed by atoms with Crippen molar-refractivity contribution in [3.8, 4) is 0 Å². The van der Waals surface area contributed by atoms with Crippen LogP contribution in [-0.4, -0.2) is 11.4 Å². The Balaban J connectivity index is 0.00000542. The van der Waals surface area contributed by atoms with Crippen molar-refractivity contribution in [2.24, 2.45) is 57.3 Å². The average Bonchev–Trinajstić information content (AvgIpc) is 4.36. The zero-order valence-corrected chi connectivity index (χ0v) is 48.8. The van der Waals surface area contributed by atoms with Crippen molar-refractivity contribution < 1.29 is 20.4 Å². The Labute approximate surface area is 494 Å². The van der Waals surface area contributed by atoms with Crippen LogP contribution in [0, 0.1) is 47.3 Å². The summed E-state index contributed by atoms with van der Waals surface area (Å²) in [5.74, 6) is 5.38. The van der Waals surface area contributed by atoms with Crippen LogP contribution < -0.4 is 20.7 Å². The summed E-state index contributed by atoms with van der Waals surface area (Å²) in [6.45, 7) is 0. The van der Waals surface area contributed by atoms with Crippen molar-refractivity contribution in [2.75, 3.05) is 0 Å². The Kier molecular flexibility index (Phi) is 13.0. The van der Waals surface area contributed by atoms with Gasteiger partial charge in [-0.05, 0) is 217 Å². The molecule has 0 amide bonds. The Morgan fingerprint density at radius 3 is 0.877 bits per heavy atom. The van der Waals surface area contributed by atoms with Gasteiger partial charge in [-0.3, -0.25) is 0 Å². The minimum Gasteiger partial charge on any atom is -0.656 e. The smallest absolute Gasteiger partial charge is 0.656 e. The van der Waals surface area contributed by atoms with Crippen LogP contribution >= 0.6 is 0 Å². The van der Waals surface area contributed by atoms with Crippen molar-refractivity contribution in [3.63, 3.8) is 0 Å². The fourth-order valence-corrected chi connectivity index (χ4v) is 18.9. The van der Waals surface area contributed by atoms with E-state index in [9.17, 15) is 0 Å². The van der Waals surface area contributed by atoms with Gasteiger partial charge in [0, 0.05) is 0 Å². The number of aliphatic imine (C=N–C) groups is 2. The minimum atomic E-state index is 0. The Morgan fingerprint density at radius 2 is 0.556 bits per heavy atom. The van der Waals surface area contributed by atoms with E-state index >= 15 is 0 Å². The second-order valence-electron chi connectivity index (χ2n) is 26.9. The maximum absolute atomic E-state index is 6.41. The van der Waals surface area contributed by atoms with Crippen molar-refractivity contribution in [2.45, 2.75) is 154 Å². The second-order valence-corrected chi connectivity index (χ2v) is 26.9. The van der Waals surface area contributed by atoms with Gasteiger partial charge in [0.05, 0.1) is 22.8 Å². The van der Waals surface area contributed by atoms with Gasteiger partial charge in [-0.2, -0.15) is 0 Å². The van der Waals surface area contributed by atoms with Gasteiger partial charge in [-0.1, -0.05) is 195 Å². The molecule has 4 aromatic carbocycles. The normalized spacial score (nSPS) is 28.3. The van der Waals surface area contributed by atoms with Crippen molar-refractivity contribution in [1.82, 2.24) is 9.97 Å². The largest absolute Gasteiger partial charge is 2.00 e. The summed E-state index contributed by atoms with van der Waals surface area (Å²) in [5, 5.41) is 2.40. The number of rotatable bonds is 4. The van der Waals surface area contributed by atoms with Crippen molar-refractivity contribution in [3.05, 3.63) is 222 Å². The first-order valence-corrected chi connectivity index (χ1v) is 32.1. The number of benzene rings is 4. The molecule has 8 unspecified atom stereocenters. The van der Waals surface area contributed by atoms with Crippen molar-refractivity contribution >= 4 is 33.7 Å². The molecule has 410 valence electrons. The van der Waals surface area contributed by atoms with Crippen LogP contribution in [0.2, 0.25) is 0 Å². The first kappa shape index (κ1) is 50.8. The van der Waals surface area contributed by atoms with Gasteiger partial charge in [0.15, 0.2) is 0 Å². The maximum Gasteiger partial charge on any atom is 2.00 e. The van der Waals surface area contributed by atoms with Crippen LogP contribution in [-0.2, 0) is 46.1 Å². The summed E-state index contributed by atoms with van der Waals surface area (Å²) in [4.78, 5) is 25.7. The third kappa shape index (κ3) is 8.41. The molecule has 4 nitrogen and oxygen atoms in total. The van der Waals surface area contributed by atoms with Gasteiger partial charge in [-0.25, -0.2) is 9.98 Å². The van der Waals surface area contributed by atoms with Gasteiger partial charge < -0.3 is 9.97 Å². The van der Waals surface area contributed by atoms with Gasteiger partial charge >= 0.3 is 20.4 Å². The molecule has 2 aromatic heterocycles. The van der Waals surface area contributed by atoms with E-state index in [4.69, 9.17) is 20.0 Å². The fraction of sp³-hybridized carbons (Fsp3) is 0.421. The Morgan fingerprint density at radius 1 is 0.284 bits per heavy atom. The average molecular weight is 1150 g/mol. The third-order valence-electron chi connectivity index (χ3n) is 22.8. The maximum atomic E-state index is 6.41. The zero-order chi connectivity index (χ0) is 52.4. The molecule has 6 aromatic rings. The summed E-state index contributed by atoms with van der Waals surface area (Å²) < 4.78 is 0. The molecule has 0 N–H and O–H groups in total. The minimum absolute atomic E-state index is 0. The molecule has 0 saturated heterocycles. The molecule has 4 fully saturated rings. The van der Waals surface area contributed by atoms with Gasteiger partial charge in [0.25, 0.3) is 0 Å². The SMILES string of the molecule is [Pd+2].c1ccc(C2=C3N=C(C4=C3CC3CCCCC3C4)C(c3ccccc3)=c3[n-]c(c4c3CC3CCCCC3C4)=C(c3ccccc3)C3=NC(=C(c4ccccc4)c4[n-]c2c2c4CC4CCCCC4C2)C2=C3CC3CCCCC3C2)cc1. The van der Waals surface area contributed by atoms with Gasteiger partial charge in [0.2, 0.25) is 0 Å². The van der Waals surface area contributed by atoms with Crippen LogP contribution in [0.1, 0.15) is 184 Å².